The Bertz CT molecular complexity index is 815. The molecule has 6 rings (SSSR count). The van der Waals surface area contributed by atoms with Gasteiger partial charge in [0, 0.05) is 24.9 Å². The Morgan fingerprint density at radius 1 is 0.771 bits per heavy atom. The first-order valence-corrected chi connectivity index (χ1v) is 13.2. The highest BCUT2D eigenvalue weighted by Crippen LogP contribution is 2.46. The Kier molecular flexibility index (Phi) is 6.47. The molecule has 0 aromatic heterocycles. The zero-order chi connectivity index (χ0) is 24.1. The maximum Gasteiger partial charge on any atom is 0.228 e. The van der Waals surface area contributed by atoms with E-state index in [2.05, 4.69) is 24.3 Å². The van der Waals surface area contributed by atoms with Gasteiger partial charge >= 0.3 is 0 Å². The van der Waals surface area contributed by atoms with Crippen molar-refractivity contribution in [1.29, 1.82) is 0 Å². The second kappa shape index (κ2) is 9.59. The first-order valence-electron chi connectivity index (χ1n) is 13.2. The van der Waals surface area contributed by atoms with Gasteiger partial charge in [-0.1, -0.05) is 24.3 Å². The molecule has 2 saturated heterocycles. The van der Waals surface area contributed by atoms with Crippen LogP contribution in [0.3, 0.4) is 0 Å². The van der Waals surface area contributed by atoms with Gasteiger partial charge in [-0.05, 0) is 49.4 Å². The second-order valence-electron chi connectivity index (χ2n) is 10.9. The summed E-state index contributed by atoms with van der Waals surface area (Å²) >= 11 is 0. The number of aliphatic hydroxyl groups excluding tert-OH is 2. The highest BCUT2D eigenvalue weighted by atomic mass is 16.6. The molecule has 6 aliphatic rings. The van der Waals surface area contributed by atoms with Gasteiger partial charge in [-0.15, -0.1) is 0 Å². The summed E-state index contributed by atoms with van der Waals surface area (Å²) in [6.07, 6.45) is 10.3. The molecular formula is C26H36N2O7. The molecule has 0 aromatic carbocycles. The molecule has 10 unspecified atom stereocenters. The number of hydrogen-bond acceptors (Lipinski definition) is 7. The summed E-state index contributed by atoms with van der Waals surface area (Å²) in [5.41, 5.74) is 0. The summed E-state index contributed by atoms with van der Waals surface area (Å²) in [5, 5.41) is 19.6. The van der Waals surface area contributed by atoms with Crippen molar-refractivity contribution >= 4 is 11.8 Å². The van der Waals surface area contributed by atoms with Crippen molar-refractivity contribution < 1.29 is 34.0 Å². The third-order valence-electron chi connectivity index (χ3n) is 8.69. The number of carbonyl (C=O) groups is 2. The van der Waals surface area contributed by atoms with E-state index >= 15 is 0 Å². The van der Waals surface area contributed by atoms with E-state index in [9.17, 15) is 19.8 Å². The lowest BCUT2D eigenvalue weighted by Crippen LogP contribution is -2.56. The van der Waals surface area contributed by atoms with Gasteiger partial charge < -0.3 is 34.2 Å². The molecule has 9 heteroatoms. The van der Waals surface area contributed by atoms with E-state index in [0.29, 0.717) is 25.0 Å². The van der Waals surface area contributed by atoms with Crippen molar-refractivity contribution in [2.45, 2.75) is 50.3 Å². The molecule has 4 aliphatic carbocycles. The number of allylic oxidation sites excluding steroid dienone is 4. The standard InChI is InChI=1S/C26H36N2O7/c29-7-5-27(23(31)19-11-15-1-3-17(19)9-15)25(21-13-33-21)35-26(22-14-34-22)28(6-8-30)24(32)20-12-16-2-4-18(20)10-16/h1-4,15-22,25-26,29-30H,5-14H2. The largest absolute Gasteiger partial charge is 0.395 e. The molecule has 0 aromatic rings. The Morgan fingerprint density at radius 2 is 1.20 bits per heavy atom. The molecule has 9 nitrogen and oxygen atoms in total. The normalized spacial score (nSPS) is 39.1. The van der Waals surface area contributed by atoms with Gasteiger partial charge in [0.05, 0.1) is 26.4 Å². The third kappa shape index (κ3) is 4.57. The number of carbonyl (C=O) groups excluding carboxylic acids is 2. The molecule has 10 atom stereocenters. The maximum absolute atomic E-state index is 13.7. The Hall–Kier alpha value is -1.78. The van der Waals surface area contributed by atoms with Gasteiger partial charge in [-0.25, -0.2) is 0 Å². The van der Waals surface area contributed by atoms with E-state index in [1.807, 2.05) is 0 Å². The number of amides is 2. The lowest BCUT2D eigenvalue weighted by Gasteiger charge is -2.39. The van der Waals surface area contributed by atoms with Gasteiger partial charge in [0.15, 0.2) is 12.5 Å². The van der Waals surface area contributed by atoms with E-state index in [-0.39, 0.29) is 74.0 Å². The quantitative estimate of drug-likeness (QED) is 0.234. The molecular weight excluding hydrogens is 452 g/mol. The zero-order valence-corrected chi connectivity index (χ0v) is 20.0. The third-order valence-corrected chi connectivity index (χ3v) is 8.69. The van der Waals surface area contributed by atoms with Gasteiger partial charge in [0.25, 0.3) is 0 Å². The van der Waals surface area contributed by atoms with Crippen molar-refractivity contribution in [3.63, 3.8) is 0 Å². The summed E-state index contributed by atoms with van der Waals surface area (Å²) in [5.74, 6) is 1.08. The number of rotatable bonds is 12. The molecule has 2 aliphatic heterocycles. The van der Waals surface area contributed by atoms with Crippen LogP contribution in [0.15, 0.2) is 24.3 Å². The van der Waals surface area contributed by atoms with Crippen LogP contribution in [-0.2, 0) is 23.8 Å². The van der Waals surface area contributed by atoms with E-state index in [0.717, 1.165) is 25.7 Å². The maximum atomic E-state index is 13.7. The summed E-state index contributed by atoms with van der Waals surface area (Å²) in [4.78, 5) is 30.6. The SMILES string of the molecule is O=C(C1CC2C=CC1C2)N(CCO)C(OC(C1CO1)N(CCO)C(=O)C1CC2C=CC1C2)C1CO1. The topological polar surface area (TPSA) is 115 Å². The fourth-order valence-corrected chi connectivity index (χ4v) is 6.80. The first-order chi connectivity index (χ1) is 17.1. The number of ether oxygens (including phenoxy) is 3. The molecule has 2 N–H and O–H groups in total. The van der Waals surface area contributed by atoms with Crippen LogP contribution < -0.4 is 0 Å². The van der Waals surface area contributed by atoms with Crippen molar-refractivity contribution in [2.75, 3.05) is 39.5 Å². The predicted octanol–water partition coefficient (Wildman–Crippen LogP) is 0.519. The van der Waals surface area contributed by atoms with Crippen LogP contribution in [0.5, 0.6) is 0 Å². The smallest absolute Gasteiger partial charge is 0.228 e. The Balaban J connectivity index is 1.22. The zero-order valence-electron chi connectivity index (χ0n) is 20.0. The minimum absolute atomic E-state index is 0.0230. The summed E-state index contributed by atoms with van der Waals surface area (Å²) in [7, 11) is 0. The van der Waals surface area contributed by atoms with E-state index in [1.165, 1.54) is 0 Å². The van der Waals surface area contributed by atoms with Crippen molar-refractivity contribution in [3.05, 3.63) is 24.3 Å². The van der Waals surface area contributed by atoms with Crippen LogP contribution in [0.4, 0.5) is 0 Å². The van der Waals surface area contributed by atoms with Gasteiger partial charge in [0.1, 0.15) is 12.2 Å². The highest BCUT2D eigenvalue weighted by Gasteiger charge is 2.51. The van der Waals surface area contributed by atoms with Crippen molar-refractivity contribution in [2.24, 2.45) is 35.5 Å². The van der Waals surface area contributed by atoms with E-state index in [4.69, 9.17) is 14.2 Å². The molecule has 2 heterocycles. The van der Waals surface area contributed by atoms with Gasteiger partial charge in [-0.3, -0.25) is 9.59 Å². The lowest BCUT2D eigenvalue weighted by atomic mass is 9.92. The highest BCUT2D eigenvalue weighted by molar-refractivity contribution is 5.81. The van der Waals surface area contributed by atoms with Crippen LogP contribution in [-0.4, -0.2) is 96.0 Å². The second-order valence-corrected chi connectivity index (χ2v) is 10.9. The van der Waals surface area contributed by atoms with Crippen molar-refractivity contribution in [1.82, 2.24) is 9.80 Å². The lowest BCUT2D eigenvalue weighted by molar-refractivity contribution is -0.191. The molecule has 4 fully saturated rings. The molecule has 0 radical (unpaired) electrons. The fourth-order valence-electron chi connectivity index (χ4n) is 6.80. The number of nitrogens with zero attached hydrogens (tertiary/aromatic N) is 2. The summed E-state index contributed by atoms with van der Waals surface area (Å²) < 4.78 is 17.7. The number of epoxide rings is 2. The minimum atomic E-state index is -0.721. The Morgan fingerprint density at radius 3 is 1.49 bits per heavy atom. The molecule has 0 spiro atoms. The summed E-state index contributed by atoms with van der Waals surface area (Å²) in [6, 6.07) is 0. The number of aliphatic hydroxyl groups is 2. The van der Waals surface area contributed by atoms with E-state index in [1.54, 1.807) is 9.80 Å². The number of hydrogen-bond donors (Lipinski definition) is 2. The van der Waals surface area contributed by atoms with Crippen LogP contribution in [0, 0.1) is 35.5 Å². The fraction of sp³-hybridized carbons (Fsp3) is 0.769. The monoisotopic (exact) mass is 488 g/mol. The van der Waals surface area contributed by atoms with Gasteiger partial charge in [0.2, 0.25) is 11.8 Å². The number of fused-ring (bicyclic) bond motifs is 4. The summed E-state index contributed by atoms with van der Waals surface area (Å²) in [6.45, 7) is 0.834. The average Bonchev–Trinajstić information content (AvgIpc) is 3.71. The van der Waals surface area contributed by atoms with Gasteiger partial charge in [-0.2, -0.15) is 0 Å². The molecule has 2 saturated carbocycles. The molecule has 192 valence electrons. The van der Waals surface area contributed by atoms with Crippen LogP contribution in [0.2, 0.25) is 0 Å². The molecule has 4 bridgehead atoms. The van der Waals surface area contributed by atoms with Crippen LogP contribution >= 0.6 is 0 Å². The van der Waals surface area contributed by atoms with E-state index < -0.39 is 12.5 Å². The van der Waals surface area contributed by atoms with Crippen molar-refractivity contribution in [3.8, 4) is 0 Å². The Labute approximate surface area is 205 Å². The minimum Gasteiger partial charge on any atom is -0.395 e. The van der Waals surface area contributed by atoms with Crippen LogP contribution in [0.1, 0.15) is 25.7 Å². The molecule has 35 heavy (non-hydrogen) atoms. The average molecular weight is 489 g/mol. The predicted molar refractivity (Wildman–Crippen MR) is 123 cm³/mol. The van der Waals surface area contributed by atoms with Crippen LogP contribution in [0.25, 0.3) is 0 Å². The first kappa shape index (κ1) is 23.6. The molecule has 2 amide bonds.